The third-order valence-electron chi connectivity index (χ3n) is 9.25. The van der Waals surface area contributed by atoms with E-state index < -0.39 is 0 Å². The number of rotatable bonds is 2. The summed E-state index contributed by atoms with van der Waals surface area (Å²) >= 11 is 5.50. The van der Waals surface area contributed by atoms with Gasteiger partial charge >= 0.3 is 0 Å². The zero-order valence-corrected chi connectivity index (χ0v) is 31.6. The Bertz CT molecular complexity index is 1150. The van der Waals surface area contributed by atoms with Crippen LogP contribution < -0.4 is 0 Å². The Morgan fingerprint density at radius 1 is 0.714 bits per heavy atom. The molecule has 272 valence electrons. The van der Waals surface area contributed by atoms with E-state index in [1.54, 1.807) is 12.3 Å². The molecule has 1 saturated heterocycles. The third-order valence-corrected chi connectivity index (χ3v) is 9.47. The minimum absolute atomic E-state index is 0. The first-order chi connectivity index (χ1) is 23.2. The van der Waals surface area contributed by atoms with Crippen LogP contribution in [0, 0.1) is 24.7 Å². The van der Waals surface area contributed by atoms with E-state index in [4.69, 9.17) is 16.3 Å². The van der Waals surface area contributed by atoms with Gasteiger partial charge in [-0.05, 0) is 63.0 Å². The number of carbonyl (C=O) groups excluding carboxylic acids is 1. The van der Waals surface area contributed by atoms with Crippen LogP contribution in [0.15, 0.2) is 84.0 Å². The van der Waals surface area contributed by atoms with Crippen molar-refractivity contribution in [3.05, 3.63) is 101 Å². The molecule has 5 heteroatoms. The van der Waals surface area contributed by atoms with Crippen LogP contribution in [0.5, 0.6) is 0 Å². The summed E-state index contributed by atoms with van der Waals surface area (Å²) in [6, 6.07) is 24.2. The maximum atomic E-state index is 10.6. The number of ether oxygens (including phenoxy) is 1. The highest BCUT2D eigenvalue weighted by Gasteiger charge is 2.18. The quantitative estimate of drug-likeness (QED) is 0.199. The Kier molecular flexibility index (Phi) is 24.3. The molecule has 4 fully saturated rings. The van der Waals surface area contributed by atoms with Crippen molar-refractivity contribution >= 4 is 23.1 Å². The maximum Gasteiger partial charge on any atom is 0.135 e. The lowest BCUT2D eigenvalue weighted by molar-refractivity contribution is -0.120. The first kappa shape index (κ1) is 44.2. The summed E-state index contributed by atoms with van der Waals surface area (Å²) in [4.78, 5) is 18.8. The molecular formula is C44H67ClN2O2. The Morgan fingerprint density at radius 2 is 1.22 bits per heavy atom. The molecule has 0 radical (unpaired) electrons. The number of aromatic nitrogens is 1. The standard InChI is InChI=1S/C14H13N.C6H6ClN.C6H10O.2C6H12.C5H10O.CH4/c1-15-14(12-8-4-2-5-9-12)13-10-6-3-7-11-13;1-5-2-3-6(7)8-4-5;1-5-3-2-4-6(5)7;2*1-6-4-2-3-5-6;1-5-3-2-4-6-5;/h2-11H,1H3;2-4H,1H3;5H,2-4H2,1H3;2*6H,2-5H2,1H3;5H,2-4H2,1H3;1H4. The van der Waals surface area contributed by atoms with Crippen molar-refractivity contribution in [2.45, 2.75) is 132 Å². The minimum Gasteiger partial charge on any atom is -0.379 e. The van der Waals surface area contributed by atoms with Crippen LogP contribution >= 0.6 is 11.6 Å². The topological polar surface area (TPSA) is 51.5 Å². The molecular weight excluding hydrogens is 624 g/mol. The van der Waals surface area contributed by atoms with Crippen LogP contribution in [0.3, 0.4) is 0 Å². The fourth-order valence-corrected chi connectivity index (χ4v) is 6.17. The van der Waals surface area contributed by atoms with Crippen molar-refractivity contribution < 1.29 is 9.53 Å². The van der Waals surface area contributed by atoms with Crippen LogP contribution in [0.2, 0.25) is 5.15 Å². The molecule has 49 heavy (non-hydrogen) atoms. The van der Waals surface area contributed by atoms with Gasteiger partial charge in [0, 0.05) is 43.3 Å². The second-order valence-corrected chi connectivity index (χ2v) is 14.2. The van der Waals surface area contributed by atoms with E-state index in [1.807, 2.05) is 63.4 Å². The van der Waals surface area contributed by atoms with Gasteiger partial charge in [0.05, 0.1) is 11.8 Å². The Hall–Kier alpha value is -2.82. The SMILES string of the molecule is C.CC1CCCC1.CC1CCCC1.CC1CCCC1=O.CC1CCCO1.CN=C(c1ccccc1)c1ccccc1.Cc1ccc(Cl)nc1. The minimum atomic E-state index is 0. The van der Waals surface area contributed by atoms with Crippen molar-refractivity contribution in [1.29, 1.82) is 0 Å². The van der Waals surface area contributed by atoms with Crippen molar-refractivity contribution in [1.82, 2.24) is 4.98 Å². The molecule has 1 aromatic heterocycles. The fraction of sp³-hybridized carbons (Fsp3) is 0.568. The van der Waals surface area contributed by atoms with E-state index in [0.29, 0.717) is 23.0 Å². The predicted octanol–water partition coefficient (Wildman–Crippen LogP) is 12.8. The molecule has 0 amide bonds. The molecule has 2 unspecified atom stereocenters. The average molecular weight is 691 g/mol. The van der Waals surface area contributed by atoms with Gasteiger partial charge in [0.1, 0.15) is 10.9 Å². The van der Waals surface area contributed by atoms with Crippen LogP contribution in [0.1, 0.15) is 135 Å². The molecule has 4 aliphatic rings. The summed E-state index contributed by atoms with van der Waals surface area (Å²) < 4.78 is 5.15. The maximum absolute atomic E-state index is 10.6. The number of ketones is 1. The zero-order chi connectivity index (χ0) is 35.0. The Labute approximate surface area is 305 Å². The predicted molar refractivity (Wildman–Crippen MR) is 213 cm³/mol. The summed E-state index contributed by atoms with van der Waals surface area (Å²) in [7, 11) is 1.83. The molecule has 3 saturated carbocycles. The summed E-state index contributed by atoms with van der Waals surface area (Å²) in [6.45, 7) is 11.8. The second-order valence-electron chi connectivity index (χ2n) is 13.8. The van der Waals surface area contributed by atoms with E-state index in [9.17, 15) is 4.79 Å². The van der Waals surface area contributed by atoms with Gasteiger partial charge in [-0.1, -0.05) is 158 Å². The molecule has 0 N–H and O–H groups in total. The van der Waals surface area contributed by atoms with Crippen molar-refractivity contribution in [3.63, 3.8) is 0 Å². The number of benzene rings is 2. The van der Waals surface area contributed by atoms with Gasteiger partial charge in [0.15, 0.2) is 0 Å². The second kappa shape index (κ2) is 27.0. The van der Waals surface area contributed by atoms with Crippen LogP contribution in [0.25, 0.3) is 0 Å². The summed E-state index contributed by atoms with van der Waals surface area (Å²) in [5.74, 6) is 2.93. The van der Waals surface area contributed by atoms with E-state index in [-0.39, 0.29) is 7.43 Å². The first-order valence-electron chi connectivity index (χ1n) is 18.5. The van der Waals surface area contributed by atoms with Crippen LogP contribution in [0.4, 0.5) is 0 Å². The normalized spacial score (nSPS) is 19.4. The lowest BCUT2D eigenvalue weighted by atomic mass is 10.0. The highest BCUT2D eigenvalue weighted by molar-refractivity contribution is 6.29. The van der Waals surface area contributed by atoms with Crippen LogP contribution in [-0.2, 0) is 9.53 Å². The third kappa shape index (κ3) is 20.5. The number of aliphatic imine (C=N–C) groups is 1. The largest absolute Gasteiger partial charge is 0.379 e. The monoisotopic (exact) mass is 690 g/mol. The van der Waals surface area contributed by atoms with Gasteiger partial charge in [0.25, 0.3) is 0 Å². The Balaban J connectivity index is 0.000000306. The molecule has 0 bridgehead atoms. The lowest BCUT2D eigenvalue weighted by Gasteiger charge is -2.05. The number of pyridine rings is 1. The van der Waals surface area contributed by atoms with Gasteiger partial charge < -0.3 is 4.74 Å². The number of aryl methyl sites for hydroxylation is 1. The van der Waals surface area contributed by atoms with E-state index in [2.05, 4.69) is 55.0 Å². The smallest absolute Gasteiger partial charge is 0.135 e. The molecule has 0 spiro atoms. The van der Waals surface area contributed by atoms with Crippen molar-refractivity contribution in [2.75, 3.05) is 13.7 Å². The zero-order valence-electron chi connectivity index (χ0n) is 30.8. The van der Waals surface area contributed by atoms with Crippen LogP contribution in [-0.4, -0.2) is 36.2 Å². The number of Topliss-reactive ketones (excluding diaryl/α,β-unsaturated/α-hetero) is 1. The summed E-state index contributed by atoms with van der Waals surface area (Å²) in [5.41, 5.74) is 4.49. The molecule has 1 aliphatic heterocycles. The van der Waals surface area contributed by atoms with Crippen molar-refractivity contribution in [2.24, 2.45) is 22.7 Å². The van der Waals surface area contributed by atoms with E-state index in [0.717, 1.165) is 60.1 Å². The Morgan fingerprint density at radius 3 is 1.45 bits per heavy atom. The summed E-state index contributed by atoms with van der Waals surface area (Å²) in [5, 5.41) is 0.551. The van der Waals surface area contributed by atoms with Crippen molar-refractivity contribution in [3.8, 4) is 0 Å². The molecule has 3 aromatic rings. The van der Waals surface area contributed by atoms with E-state index >= 15 is 0 Å². The van der Waals surface area contributed by atoms with E-state index in [1.165, 1.54) is 64.2 Å². The summed E-state index contributed by atoms with van der Waals surface area (Å²) in [6.07, 6.45) is 19.8. The number of halogens is 1. The fourth-order valence-electron chi connectivity index (χ4n) is 6.06. The number of hydrogen-bond donors (Lipinski definition) is 0. The van der Waals surface area contributed by atoms with Gasteiger partial charge in [-0.15, -0.1) is 0 Å². The average Bonchev–Trinajstić information content (AvgIpc) is 3.95. The number of carbonyl (C=O) groups is 1. The number of hydrogen-bond acceptors (Lipinski definition) is 4. The highest BCUT2D eigenvalue weighted by Crippen LogP contribution is 2.23. The van der Waals surface area contributed by atoms with Gasteiger partial charge in [-0.2, -0.15) is 0 Å². The van der Waals surface area contributed by atoms with Gasteiger partial charge in [-0.3, -0.25) is 9.79 Å². The first-order valence-corrected chi connectivity index (χ1v) is 18.9. The molecule has 3 aliphatic carbocycles. The lowest BCUT2D eigenvalue weighted by Crippen LogP contribution is -2.02. The molecule has 2 atom stereocenters. The molecule has 2 heterocycles. The van der Waals surface area contributed by atoms with Gasteiger partial charge in [-0.25, -0.2) is 4.98 Å². The van der Waals surface area contributed by atoms with Gasteiger partial charge in [0.2, 0.25) is 0 Å². The molecule has 2 aromatic carbocycles. The molecule has 4 nitrogen and oxygen atoms in total. The number of nitrogens with zero attached hydrogens (tertiary/aromatic N) is 2. The molecule has 7 rings (SSSR count). The highest BCUT2D eigenvalue weighted by atomic mass is 35.5.